The summed E-state index contributed by atoms with van der Waals surface area (Å²) < 4.78 is 0. The SMILES string of the molecule is CNc1nc(C(C)(C)C)nc(NC(CO)CO)c1C. The maximum absolute atomic E-state index is 9.15. The summed E-state index contributed by atoms with van der Waals surface area (Å²) in [5.41, 5.74) is 0.686. The van der Waals surface area contributed by atoms with Gasteiger partial charge in [0, 0.05) is 18.0 Å². The Labute approximate surface area is 114 Å². The summed E-state index contributed by atoms with van der Waals surface area (Å²) in [7, 11) is 1.81. The van der Waals surface area contributed by atoms with E-state index in [4.69, 9.17) is 10.2 Å². The molecule has 0 amide bonds. The molecule has 0 radical (unpaired) electrons. The van der Waals surface area contributed by atoms with Crippen LogP contribution in [0.25, 0.3) is 0 Å². The van der Waals surface area contributed by atoms with Crippen LogP contribution in [0.2, 0.25) is 0 Å². The molecule has 0 bridgehead atoms. The van der Waals surface area contributed by atoms with Crippen molar-refractivity contribution in [1.82, 2.24) is 9.97 Å². The highest BCUT2D eigenvalue weighted by Gasteiger charge is 2.21. The smallest absolute Gasteiger partial charge is 0.138 e. The van der Waals surface area contributed by atoms with Gasteiger partial charge in [0.15, 0.2) is 0 Å². The summed E-state index contributed by atoms with van der Waals surface area (Å²) in [6, 6.07) is -0.425. The van der Waals surface area contributed by atoms with Gasteiger partial charge in [0.05, 0.1) is 19.3 Å². The third-order valence-corrected chi connectivity index (χ3v) is 2.84. The fraction of sp³-hybridized carbons (Fsp3) is 0.692. The van der Waals surface area contributed by atoms with E-state index in [1.54, 1.807) is 7.05 Å². The predicted molar refractivity (Wildman–Crippen MR) is 76.6 cm³/mol. The highest BCUT2D eigenvalue weighted by Crippen LogP contribution is 2.26. The molecule has 0 unspecified atom stereocenters. The van der Waals surface area contributed by atoms with E-state index in [2.05, 4.69) is 20.6 Å². The molecule has 0 saturated heterocycles. The molecule has 6 nitrogen and oxygen atoms in total. The molecular formula is C13H24N4O2. The van der Waals surface area contributed by atoms with Crippen molar-refractivity contribution in [1.29, 1.82) is 0 Å². The molecule has 0 aliphatic heterocycles. The summed E-state index contributed by atoms with van der Waals surface area (Å²) in [6.45, 7) is 7.70. The van der Waals surface area contributed by atoms with Crippen molar-refractivity contribution >= 4 is 11.6 Å². The molecule has 0 spiro atoms. The molecular weight excluding hydrogens is 244 g/mol. The van der Waals surface area contributed by atoms with E-state index in [-0.39, 0.29) is 18.6 Å². The zero-order valence-electron chi connectivity index (χ0n) is 12.3. The lowest BCUT2D eigenvalue weighted by atomic mass is 9.95. The number of aliphatic hydroxyl groups is 2. The van der Waals surface area contributed by atoms with Crippen molar-refractivity contribution in [3.63, 3.8) is 0 Å². The highest BCUT2D eigenvalue weighted by atomic mass is 16.3. The van der Waals surface area contributed by atoms with E-state index in [1.807, 2.05) is 27.7 Å². The van der Waals surface area contributed by atoms with Gasteiger partial charge in [0.1, 0.15) is 17.5 Å². The molecule has 0 aliphatic carbocycles. The van der Waals surface area contributed by atoms with E-state index in [0.717, 1.165) is 11.4 Å². The monoisotopic (exact) mass is 268 g/mol. The minimum Gasteiger partial charge on any atom is -0.394 e. The molecule has 0 atom stereocenters. The van der Waals surface area contributed by atoms with Gasteiger partial charge in [0.25, 0.3) is 0 Å². The highest BCUT2D eigenvalue weighted by molar-refractivity contribution is 5.57. The Bertz CT molecular complexity index is 425. The maximum Gasteiger partial charge on any atom is 0.138 e. The fourth-order valence-corrected chi connectivity index (χ4v) is 1.58. The maximum atomic E-state index is 9.15. The standard InChI is InChI=1S/C13H24N4O2/c1-8-10(14-5)16-12(13(2,3)4)17-11(8)15-9(6-18)7-19/h9,18-19H,6-7H2,1-5H3,(H2,14,15,16,17). The zero-order chi connectivity index (χ0) is 14.6. The number of rotatable bonds is 5. The quantitative estimate of drug-likeness (QED) is 0.634. The summed E-state index contributed by atoms with van der Waals surface area (Å²) in [5.74, 6) is 2.09. The average molecular weight is 268 g/mol. The number of nitrogens with one attached hydrogen (secondary N) is 2. The molecule has 108 valence electrons. The Morgan fingerprint density at radius 1 is 1.11 bits per heavy atom. The third-order valence-electron chi connectivity index (χ3n) is 2.84. The predicted octanol–water partition coefficient (Wildman–Crippen LogP) is 0.889. The zero-order valence-corrected chi connectivity index (χ0v) is 12.3. The Morgan fingerprint density at radius 3 is 2.05 bits per heavy atom. The van der Waals surface area contributed by atoms with Crippen molar-refractivity contribution in [2.24, 2.45) is 0 Å². The van der Waals surface area contributed by atoms with Crippen molar-refractivity contribution in [3.8, 4) is 0 Å². The normalized spacial score (nSPS) is 11.8. The molecule has 1 rings (SSSR count). The third kappa shape index (κ3) is 3.78. The van der Waals surface area contributed by atoms with Gasteiger partial charge in [-0.25, -0.2) is 9.97 Å². The topological polar surface area (TPSA) is 90.3 Å². The molecule has 6 heteroatoms. The van der Waals surface area contributed by atoms with Crippen LogP contribution in [0.15, 0.2) is 0 Å². The molecule has 1 aromatic rings. The van der Waals surface area contributed by atoms with Crippen molar-refractivity contribution < 1.29 is 10.2 Å². The molecule has 0 saturated carbocycles. The number of hydrogen-bond acceptors (Lipinski definition) is 6. The second-order valence-corrected chi connectivity index (χ2v) is 5.58. The summed E-state index contributed by atoms with van der Waals surface area (Å²) in [5, 5.41) is 24.4. The van der Waals surface area contributed by atoms with E-state index in [0.29, 0.717) is 11.6 Å². The lowest BCUT2D eigenvalue weighted by molar-refractivity contribution is 0.203. The van der Waals surface area contributed by atoms with Crippen molar-refractivity contribution in [3.05, 3.63) is 11.4 Å². The van der Waals surface area contributed by atoms with Crippen LogP contribution in [0.1, 0.15) is 32.2 Å². The fourth-order valence-electron chi connectivity index (χ4n) is 1.58. The number of hydrogen-bond donors (Lipinski definition) is 4. The van der Waals surface area contributed by atoms with Gasteiger partial charge in [0.2, 0.25) is 0 Å². The number of nitrogens with zero attached hydrogens (tertiary/aromatic N) is 2. The van der Waals surface area contributed by atoms with Gasteiger partial charge < -0.3 is 20.8 Å². The van der Waals surface area contributed by atoms with Crippen LogP contribution >= 0.6 is 0 Å². The molecule has 4 N–H and O–H groups in total. The first-order valence-electron chi connectivity index (χ1n) is 6.38. The molecule has 0 aliphatic rings. The van der Waals surface area contributed by atoms with Crippen LogP contribution in [0.3, 0.4) is 0 Å². The van der Waals surface area contributed by atoms with Crippen molar-refractivity contribution in [2.75, 3.05) is 30.9 Å². The Morgan fingerprint density at radius 2 is 1.63 bits per heavy atom. The molecule has 1 aromatic heterocycles. The van der Waals surface area contributed by atoms with Gasteiger partial charge in [-0.15, -0.1) is 0 Å². The summed E-state index contributed by atoms with van der Waals surface area (Å²) in [6.07, 6.45) is 0. The minimum atomic E-state index is -0.425. The first-order chi connectivity index (χ1) is 8.83. The Balaban J connectivity index is 3.22. The largest absolute Gasteiger partial charge is 0.394 e. The van der Waals surface area contributed by atoms with Gasteiger partial charge in [-0.2, -0.15) is 0 Å². The second-order valence-electron chi connectivity index (χ2n) is 5.58. The summed E-state index contributed by atoms with van der Waals surface area (Å²) >= 11 is 0. The van der Waals surface area contributed by atoms with E-state index in [1.165, 1.54) is 0 Å². The lowest BCUT2D eigenvalue weighted by Crippen LogP contribution is -2.29. The van der Waals surface area contributed by atoms with Gasteiger partial charge in [-0.1, -0.05) is 20.8 Å². The van der Waals surface area contributed by atoms with E-state index < -0.39 is 6.04 Å². The summed E-state index contributed by atoms with van der Waals surface area (Å²) in [4.78, 5) is 9.00. The van der Waals surface area contributed by atoms with Crippen LogP contribution in [0.4, 0.5) is 11.6 Å². The van der Waals surface area contributed by atoms with Gasteiger partial charge in [-0.3, -0.25) is 0 Å². The lowest BCUT2D eigenvalue weighted by Gasteiger charge is -2.22. The van der Waals surface area contributed by atoms with E-state index >= 15 is 0 Å². The number of anilines is 2. The van der Waals surface area contributed by atoms with Crippen LogP contribution in [0, 0.1) is 6.92 Å². The van der Waals surface area contributed by atoms with Gasteiger partial charge >= 0.3 is 0 Å². The molecule has 19 heavy (non-hydrogen) atoms. The van der Waals surface area contributed by atoms with Crippen LogP contribution < -0.4 is 10.6 Å². The molecule has 1 heterocycles. The van der Waals surface area contributed by atoms with Crippen LogP contribution in [-0.4, -0.2) is 46.5 Å². The minimum absolute atomic E-state index is 0.153. The Hall–Kier alpha value is -1.40. The van der Waals surface area contributed by atoms with Crippen LogP contribution in [0.5, 0.6) is 0 Å². The Kier molecular flexibility index (Phi) is 5.08. The van der Waals surface area contributed by atoms with Crippen LogP contribution in [-0.2, 0) is 5.41 Å². The van der Waals surface area contributed by atoms with Gasteiger partial charge in [-0.05, 0) is 6.92 Å². The number of aliphatic hydroxyl groups excluding tert-OH is 2. The molecule has 0 fully saturated rings. The molecule has 0 aromatic carbocycles. The first-order valence-corrected chi connectivity index (χ1v) is 6.38. The average Bonchev–Trinajstić information content (AvgIpc) is 2.36. The van der Waals surface area contributed by atoms with Crippen molar-refractivity contribution in [2.45, 2.75) is 39.2 Å². The van der Waals surface area contributed by atoms with E-state index in [9.17, 15) is 0 Å². The second kappa shape index (κ2) is 6.16. The first kappa shape index (κ1) is 15.7. The number of aromatic nitrogens is 2.